The highest BCUT2D eigenvalue weighted by Crippen LogP contribution is 2.34. The number of carbonyl (C=O) groups excluding carboxylic acids is 2. The van der Waals surface area contributed by atoms with Gasteiger partial charge in [0, 0.05) is 46.7 Å². The van der Waals surface area contributed by atoms with E-state index in [1.807, 2.05) is 29.2 Å². The van der Waals surface area contributed by atoms with Crippen molar-refractivity contribution < 1.29 is 19.1 Å². The van der Waals surface area contributed by atoms with Gasteiger partial charge in [-0.1, -0.05) is 33.6 Å². The number of hydrogen-bond acceptors (Lipinski definition) is 5. The molecule has 0 radical (unpaired) electrons. The van der Waals surface area contributed by atoms with Gasteiger partial charge < -0.3 is 19.3 Å². The number of benzene rings is 2. The van der Waals surface area contributed by atoms with Crippen LogP contribution in [-0.2, 0) is 16.0 Å². The van der Waals surface area contributed by atoms with Crippen LogP contribution in [0.25, 0.3) is 0 Å². The molecule has 6 nitrogen and oxygen atoms in total. The molecule has 1 aliphatic heterocycles. The lowest BCUT2D eigenvalue weighted by Gasteiger charge is -2.37. The minimum Gasteiger partial charge on any atom is -0.491 e. The fourth-order valence-corrected chi connectivity index (χ4v) is 5.74. The first kappa shape index (κ1) is 26.7. The van der Waals surface area contributed by atoms with Gasteiger partial charge in [0.25, 0.3) is 5.91 Å². The highest BCUT2D eigenvalue weighted by molar-refractivity contribution is 9.10. The highest BCUT2D eigenvalue weighted by atomic mass is 79.9. The Labute approximate surface area is 228 Å². The molecule has 0 aliphatic carbocycles. The predicted molar refractivity (Wildman–Crippen MR) is 146 cm³/mol. The second-order valence-corrected chi connectivity index (χ2v) is 10.9. The van der Waals surface area contributed by atoms with E-state index in [1.54, 1.807) is 47.6 Å². The van der Waals surface area contributed by atoms with Crippen LogP contribution in [0.15, 0.2) is 64.5 Å². The monoisotopic (exact) mass is 590 g/mol. The summed E-state index contributed by atoms with van der Waals surface area (Å²) in [5.74, 6) is 0.417. The van der Waals surface area contributed by atoms with Crippen LogP contribution in [0.2, 0.25) is 5.02 Å². The van der Waals surface area contributed by atoms with Crippen LogP contribution in [0.3, 0.4) is 0 Å². The molecule has 3 aromatic rings. The lowest BCUT2D eigenvalue weighted by atomic mass is 10.0. The lowest BCUT2D eigenvalue weighted by Crippen LogP contribution is -2.48. The van der Waals surface area contributed by atoms with E-state index in [0.717, 1.165) is 16.5 Å². The Bertz CT molecular complexity index is 1190. The third-order valence-corrected chi connectivity index (χ3v) is 7.84. The van der Waals surface area contributed by atoms with Crippen molar-refractivity contribution in [3.63, 3.8) is 0 Å². The van der Waals surface area contributed by atoms with Crippen LogP contribution in [0, 0.1) is 0 Å². The van der Waals surface area contributed by atoms with Crippen LogP contribution >= 0.6 is 38.9 Å². The topological polar surface area (TPSA) is 59.1 Å². The predicted octanol–water partition coefficient (Wildman–Crippen LogP) is 5.85. The van der Waals surface area contributed by atoms with Gasteiger partial charge in [0.05, 0.1) is 6.04 Å². The minimum atomic E-state index is -0.232. The van der Waals surface area contributed by atoms with Crippen molar-refractivity contribution in [2.75, 3.05) is 40.0 Å². The molecule has 2 amide bonds. The maximum atomic E-state index is 13.7. The molecule has 0 spiro atoms. The molecular formula is C27H28BrClN2O4S. The molecule has 4 rings (SSSR count). The Morgan fingerprint density at radius 3 is 2.75 bits per heavy atom. The summed E-state index contributed by atoms with van der Waals surface area (Å²) in [4.78, 5) is 31.7. The Hall–Kier alpha value is -2.39. The lowest BCUT2D eigenvalue weighted by molar-refractivity contribution is -0.135. The molecular weight excluding hydrogens is 564 g/mol. The molecule has 190 valence electrons. The van der Waals surface area contributed by atoms with E-state index in [2.05, 4.69) is 27.4 Å². The van der Waals surface area contributed by atoms with Crippen LogP contribution < -0.4 is 4.74 Å². The number of fused-ring (bicyclic) bond motifs is 1. The molecule has 1 aliphatic rings. The maximum absolute atomic E-state index is 13.7. The molecule has 0 bridgehead atoms. The van der Waals surface area contributed by atoms with Crippen LogP contribution in [0.5, 0.6) is 5.75 Å². The molecule has 0 saturated heterocycles. The van der Waals surface area contributed by atoms with Gasteiger partial charge in [-0.05, 0) is 72.3 Å². The summed E-state index contributed by atoms with van der Waals surface area (Å²) >= 11 is 11.1. The molecule has 1 aromatic heterocycles. The van der Waals surface area contributed by atoms with Gasteiger partial charge in [-0.25, -0.2) is 0 Å². The average molecular weight is 592 g/mol. The quantitative estimate of drug-likeness (QED) is 0.278. The first-order valence-electron chi connectivity index (χ1n) is 11.7. The average Bonchev–Trinajstić information content (AvgIpc) is 3.36. The zero-order valence-corrected chi connectivity index (χ0v) is 23.2. The van der Waals surface area contributed by atoms with Gasteiger partial charge in [-0.3, -0.25) is 9.59 Å². The van der Waals surface area contributed by atoms with E-state index < -0.39 is 0 Å². The summed E-state index contributed by atoms with van der Waals surface area (Å²) in [6.45, 7) is 1.83. The number of halogens is 2. The van der Waals surface area contributed by atoms with Crippen molar-refractivity contribution in [1.29, 1.82) is 0 Å². The summed E-state index contributed by atoms with van der Waals surface area (Å²) in [7, 11) is 1.63. The number of hydrogen-bond donors (Lipinski definition) is 0. The van der Waals surface area contributed by atoms with Crippen molar-refractivity contribution in [2.24, 2.45) is 0 Å². The third kappa shape index (κ3) is 6.68. The van der Waals surface area contributed by atoms with Crippen LogP contribution in [0.4, 0.5) is 0 Å². The van der Waals surface area contributed by atoms with E-state index in [4.69, 9.17) is 21.1 Å². The standard InChI is InChI=1S/C27H28BrClN2O4S/c1-34-14-3-12-30(27(33)19-4-2-5-20(28)16-19)17-26(32)31-13-10-25-23(11-15-36-25)24(31)18-35-22-8-6-21(29)7-9-22/h2,4-9,11,15-16,24H,3,10,12-14,17-18H2,1H3/t24-/m0/s1. The van der Waals surface area contributed by atoms with Crippen molar-refractivity contribution in [3.05, 3.63) is 85.5 Å². The van der Waals surface area contributed by atoms with E-state index in [1.165, 1.54) is 4.88 Å². The first-order valence-corrected chi connectivity index (χ1v) is 13.8. The van der Waals surface area contributed by atoms with Gasteiger partial charge in [-0.2, -0.15) is 0 Å². The van der Waals surface area contributed by atoms with Crippen LogP contribution in [0.1, 0.15) is 33.3 Å². The van der Waals surface area contributed by atoms with Crippen molar-refractivity contribution >= 4 is 50.7 Å². The normalized spacial score (nSPS) is 14.9. The first-order chi connectivity index (χ1) is 17.5. The van der Waals surface area contributed by atoms with E-state index in [9.17, 15) is 9.59 Å². The highest BCUT2D eigenvalue weighted by Gasteiger charge is 2.33. The molecule has 9 heteroatoms. The number of rotatable bonds is 10. The van der Waals surface area contributed by atoms with Crippen molar-refractivity contribution in [3.8, 4) is 5.75 Å². The van der Waals surface area contributed by atoms with E-state index in [0.29, 0.717) is 49.1 Å². The van der Waals surface area contributed by atoms with Gasteiger partial charge in [0.2, 0.25) is 5.91 Å². The van der Waals surface area contributed by atoms with E-state index >= 15 is 0 Å². The Morgan fingerprint density at radius 1 is 1.19 bits per heavy atom. The third-order valence-electron chi connectivity index (χ3n) is 6.10. The van der Waals surface area contributed by atoms with Gasteiger partial charge >= 0.3 is 0 Å². The molecule has 0 N–H and O–H groups in total. The second kappa shape index (κ2) is 12.7. The Kier molecular flexibility index (Phi) is 9.42. The van der Waals surface area contributed by atoms with Gasteiger partial charge in [0.1, 0.15) is 18.9 Å². The molecule has 0 fully saturated rings. The van der Waals surface area contributed by atoms with Crippen molar-refractivity contribution in [1.82, 2.24) is 9.80 Å². The largest absolute Gasteiger partial charge is 0.491 e. The summed E-state index contributed by atoms with van der Waals surface area (Å²) in [6.07, 6.45) is 1.43. The summed E-state index contributed by atoms with van der Waals surface area (Å²) in [6, 6.07) is 16.3. The summed E-state index contributed by atoms with van der Waals surface area (Å²) in [5, 5.41) is 2.70. The van der Waals surface area contributed by atoms with Crippen LogP contribution in [-0.4, -0.2) is 61.6 Å². The zero-order valence-electron chi connectivity index (χ0n) is 20.0. The number of thiophene rings is 1. The van der Waals surface area contributed by atoms with Gasteiger partial charge in [-0.15, -0.1) is 11.3 Å². The number of methoxy groups -OCH3 is 1. The van der Waals surface area contributed by atoms with E-state index in [-0.39, 0.29) is 24.4 Å². The van der Waals surface area contributed by atoms with Crippen molar-refractivity contribution in [2.45, 2.75) is 18.9 Å². The smallest absolute Gasteiger partial charge is 0.254 e. The summed E-state index contributed by atoms with van der Waals surface area (Å²) < 4.78 is 12.1. The Morgan fingerprint density at radius 2 is 2.00 bits per heavy atom. The molecule has 36 heavy (non-hydrogen) atoms. The maximum Gasteiger partial charge on any atom is 0.254 e. The molecule has 0 unspecified atom stereocenters. The number of carbonyl (C=O) groups is 2. The Balaban J connectivity index is 1.52. The summed E-state index contributed by atoms with van der Waals surface area (Å²) in [5.41, 5.74) is 1.65. The molecule has 2 aromatic carbocycles. The fourth-order valence-electron chi connectivity index (χ4n) is 4.29. The zero-order chi connectivity index (χ0) is 25.5. The fraction of sp³-hybridized carbons (Fsp3) is 0.333. The number of ether oxygens (including phenoxy) is 2. The minimum absolute atomic E-state index is 0.00796. The molecule has 0 saturated carbocycles. The van der Waals surface area contributed by atoms with Gasteiger partial charge in [0.15, 0.2) is 0 Å². The second-order valence-electron chi connectivity index (χ2n) is 8.50. The molecule has 1 atom stereocenters. The number of amides is 2. The molecule has 2 heterocycles. The SMILES string of the molecule is COCCCN(CC(=O)N1CCc2sccc2[C@@H]1COc1ccc(Cl)cc1)C(=O)c1cccc(Br)c1. The number of nitrogens with zero attached hydrogens (tertiary/aromatic N) is 2.